The summed E-state index contributed by atoms with van der Waals surface area (Å²) in [6, 6.07) is 12.7. The van der Waals surface area contributed by atoms with Crippen LogP contribution in [-0.4, -0.2) is 22.7 Å². The van der Waals surface area contributed by atoms with Gasteiger partial charge in [0.1, 0.15) is 5.82 Å². The van der Waals surface area contributed by atoms with Crippen molar-refractivity contribution >= 4 is 11.6 Å². The number of nitrogens with zero attached hydrogens (tertiary/aromatic N) is 1. The van der Waals surface area contributed by atoms with Crippen molar-refractivity contribution in [3.8, 4) is 22.8 Å². The van der Waals surface area contributed by atoms with Crippen molar-refractivity contribution in [3.63, 3.8) is 0 Å². The van der Waals surface area contributed by atoms with E-state index in [1.165, 1.54) is 0 Å². The summed E-state index contributed by atoms with van der Waals surface area (Å²) in [5, 5.41) is 2.90. The molecule has 1 aromatic heterocycles. The van der Waals surface area contributed by atoms with Crippen LogP contribution in [-0.2, 0) is 0 Å². The van der Waals surface area contributed by atoms with Crippen LogP contribution in [0.1, 0.15) is 16.2 Å². The zero-order valence-corrected chi connectivity index (χ0v) is 13.0. The van der Waals surface area contributed by atoms with Crippen molar-refractivity contribution in [1.82, 2.24) is 9.97 Å². The molecule has 0 fully saturated rings. The number of H-pyrrole nitrogens is 1. The SMILES string of the molecule is Cc1ncc(-c2cccc(NC(=O)c3ccc4c(c3)OCO4)c2)[nH]1. The van der Waals surface area contributed by atoms with E-state index in [0.29, 0.717) is 22.7 Å². The number of aromatic nitrogens is 2. The third-order valence-electron chi connectivity index (χ3n) is 3.77. The fourth-order valence-electron chi connectivity index (χ4n) is 2.57. The number of imidazole rings is 1. The molecule has 0 atom stereocenters. The van der Waals surface area contributed by atoms with Gasteiger partial charge < -0.3 is 19.8 Å². The number of benzene rings is 2. The highest BCUT2D eigenvalue weighted by Gasteiger charge is 2.16. The van der Waals surface area contributed by atoms with Gasteiger partial charge in [0.05, 0.1) is 11.9 Å². The number of hydrogen-bond acceptors (Lipinski definition) is 4. The zero-order chi connectivity index (χ0) is 16.5. The van der Waals surface area contributed by atoms with Crippen LogP contribution < -0.4 is 14.8 Å². The normalized spacial score (nSPS) is 12.2. The third kappa shape index (κ3) is 2.69. The van der Waals surface area contributed by atoms with Crippen LogP contribution >= 0.6 is 0 Å². The molecule has 0 spiro atoms. The zero-order valence-electron chi connectivity index (χ0n) is 13.0. The lowest BCUT2D eigenvalue weighted by molar-refractivity contribution is 0.102. The summed E-state index contributed by atoms with van der Waals surface area (Å²) in [7, 11) is 0. The van der Waals surface area contributed by atoms with Crippen molar-refractivity contribution in [3.05, 3.63) is 60.0 Å². The molecule has 6 heteroatoms. The van der Waals surface area contributed by atoms with Crippen LogP contribution in [0.4, 0.5) is 5.69 Å². The van der Waals surface area contributed by atoms with Gasteiger partial charge in [-0.25, -0.2) is 4.98 Å². The Morgan fingerprint density at radius 1 is 1.17 bits per heavy atom. The number of rotatable bonds is 3. The van der Waals surface area contributed by atoms with E-state index in [1.807, 2.05) is 31.2 Å². The van der Waals surface area contributed by atoms with E-state index in [4.69, 9.17) is 9.47 Å². The number of carbonyl (C=O) groups is 1. The Bertz CT molecular complexity index is 917. The van der Waals surface area contributed by atoms with Crippen LogP contribution in [0.3, 0.4) is 0 Å². The third-order valence-corrected chi connectivity index (χ3v) is 3.77. The van der Waals surface area contributed by atoms with Gasteiger partial charge in [-0.15, -0.1) is 0 Å². The molecule has 0 aliphatic carbocycles. The topological polar surface area (TPSA) is 76.2 Å². The van der Waals surface area contributed by atoms with Crippen molar-refractivity contribution in [2.24, 2.45) is 0 Å². The second-order valence-electron chi connectivity index (χ2n) is 5.49. The Morgan fingerprint density at radius 3 is 2.88 bits per heavy atom. The predicted molar refractivity (Wildman–Crippen MR) is 89.3 cm³/mol. The first-order valence-corrected chi connectivity index (χ1v) is 7.52. The lowest BCUT2D eigenvalue weighted by atomic mass is 10.1. The van der Waals surface area contributed by atoms with Crippen LogP contribution in [0, 0.1) is 6.92 Å². The van der Waals surface area contributed by atoms with Crippen molar-refractivity contribution in [2.45, 2.75) is 6.92 Å². The summed E-state index contributed by atoms with van der Waals surface area (Å²) < 4.78 is 10.6. The van der Waals surface area contributed by atoms with Gasteiger partial charge in [0.25, 0.3) is 5.91 Å². The lowest BCUT2D eigenvalue weighted by Gasteiger charge is -2.07. The van der Waals surface area contributed by atoms with E-state index in [0.717, 1.165) is 17.1 Å². The molecule has 2 aromatic carbocycles. The van der Waals surface area contributed by atoms with Crippen molar-refractivity contribution < 1.29 is 14.3 Å². The number of nitrogens with one attached hydrogen (secondary N) is 2. The number of aryl methyl sites for hydroxylation is 1. The van der Waals surface area contributed by atoms with Crippen molar-refractivity contribution in [1.29, 1.82) is 0 Å². The molecule has 3 aromatic rings. The van der Waals surface area contributed by atoms with E-state index >= 15 is 0 Å². The summed E-state index contributed by atoms with van der Waals surface area (Å²) in [6.07, 6.45) is 1.77. The lowest BCUT2D eigenvalue weighted by Crippen LogP contribution is -2.11. The van der Waals surface area contributed by atoms with E-state index in [1.54, 1.807) is 24.4 Å². The number of fused-ring (bicyclic) bond motifs is 1. The average molecular weight is 321 g/mol. The monoisotopic (exact) mass is 321 g/mol. The maximum Gasteiger partial charge on any atom is 0.255 e. The van der Waals surface area contributed by atoms with E-state index in [-0.39, 0.29) is 12.7 Å². The van der Waals surface area contributed by atoms with Crippen LogP contribution in [0.15, 0.2) is 48.7 Å². The Hall–Kier alpha value is -3.28. The molecule has 0 unspecified atom stereocenters. The molecule has 0 radical (unpaired) electrons. The largest absolute Gasteiger partial charge is 0.454 e. The number of hydrogen-bond donors (Lipinski definition) is 2. The summed E-state index contributed by atoms with van der Waals surface area (Å²) in [6.45, 7) is 2.08. The molecule has 4 rings (SSSR count). The van der Waals surface area contributed by atoms with Gasteiger partial charge in [0.2, 0.25) is 6.79 Å². The van der Waals surface area contributed by atoms with Gasteiger partial charge in [-0.1, -0.05) is 12.1 Å². The Balaban J connectivity index is 1.56. The maximum absolute atomic E-state index is 12.4. The highest BCUT2D eigenvalue weighted by atomic mass is 16.7. The van der Waals surface area contributed by atoms with Crippen LogP contribution in [0.2, 0.25) is 0 Å². The number of ether oxygens (including phenoxy) is 2. The molecule has 120 valence electrons. The molecule has 1 aliphatic rings. The summed E-state index contributed by atoms with van der Waals surface area (Å²) in [4.78, 5) is 19.8. The van der Waals surface area contributed by atoms with Crippen LogP contribution in [0.25, 0.3) is 11.3 Å². The van der Waals surface area contributed by atoms with E-state index in [9.17, 15) is 4.79 Å². The summed E-state index contributed by atoms with van der Waals surface area (Å²) in [5.74, 6) is 1.89. The Morgan fingerprint density at radius 2 is 2.04 bits per heavy atom. The van der Waals surface area contributed by atoms with Gasteiger partial charge in [-0.3, -0.25) is 4.79 Å². The number of carbonyl (C=O) groups excluding carboxylic acids is 1. The van der Waals surface area contributed by atoms with Gasteiger partial charge in [-0.2, -0.15) is 0 Å². The molecule has 0 saturated heterocycles. The average Bonchev–Trinajstić information content (AvgIpc) is 3.23. The molecule has 0 saturated carbocycles. The van der Waals surface area contributed by atoms with Gasteiger partial charge in [0, 0.05) is 16.8 Å². The van der Waals surface area contributed by atoms with Gasteiger partial charge in [-0.05, 0) is 37.3 Å². The molecule has 2 N–H and O–H groups in total. The molecule has 1 amide bonds. The van der Waals surface area contributed by atoms with E-state index in [2.05, 4.69) is 15.3 Å². The van der Waals surface area contributed by atoms with Crippen LogP contribution in [0.5, 0.6) is 11.5 Å². The molecule has 24 heavy (non-hydrogen) atoms. The Labute approximate surface area is 138 Å². The standard InChI is InChI=1S/C18H15N3O3/c1-11-19-9-15(20-11)12-3-2-4-14(7-12)21-18(22)13-5-6-16-17(8-13)24-10-23-16/h2-9H,10H2,1H3,(H,19,20)(H,21,22). The highest BCUT2D eigenvalue weighted by molar-refractivity contribution is 6.04. The number of amides is 1. The minimum atomic E-state index is -0.203. The molecule has 1 aliphatic heterocycles. The minimum Gasteiger partial charge on any atom is -0.454 e. The smallest absolute Gasteiger partial charge is 0.255 e. The predicted octanol–water partition coefficient (Wildman–Crippen LogP) is 3.37. The fraction of sp³-hybridized carbons (Fsp3) is 0.111. The van der Waals surface area contributed by atoms with E-state index < -0.39 is 0 Å². The number of anilines is 1. The number of aromatic amines is 1. The summed E-state index contributed by atoms with van der Waals surface area (Å²) >= 11 is 0. The molecule has 0 bridgehead atoms. The fourth-order valence-corrected chi connectivity index (χ4v) is 2.57. The second-order valence-corrected chi connectivity index (χ2v) is 5.49. The van der Waals surface area contributed by atoms with Crippen molar-refractivity contribution in [2.75, 3.05) is 12.1 Å². The first kappa shape index (κ1) is 14.3. The first-order valence-electron chi connectivity index (χ1n) is 7.52. The molecular formula is C18H15N3O3. The minimum absolute atomic E-state index is 0.187. The molecule has 2 heterocycles. The quantitative estimate of drug-likeness (QED) is 0.775. The molecular weight excluding hydrogens is 306 g/mol. The molecule has 6 nitrogen and oxygen atoms in total. The summed E-state index contributed by atoms with van der Waals surface area (Å²) in [5.41, 5.74) is 3.09. The highest BCUT2D eigenvalue weighted by Crippen LogP contribution is 2.32. The van der Waals surface area contributed by atoms with Gasteiger partial charge in [0.15, 0.2) is 11.5 Å². The van der Waals surface area contributed by atoms with Gasteiger partial charge >= 0.3 is 0 Å². The first-order chi connectivity index (χ1) is 11.7. The second kappa shape index (κ2) is 5.73. The maximum atomic E-state index is 12.4. The Kier molecular flexibility index (Phi) is 3.42.